The first-order valence-electron chi connectivity index (χ1n) is 10.5. The number of carbonyl (C=O) groups is 2. The largest absolute Gasteiger partial charge is 0.497 e. The van der Waals surface area contributed by atoms with Gasteiger partial charge in [-0.2, -0.15) is 0 Å². The van der Waals surface area contributed by atoms with Crippen molar-refractivity contribution in [2.24, 2.45) is 5.92 Å². The Morgan fingerprint density at radius 2 is 1.91 bits per heavy atom. The van der Waals surface area contributed by atoms with Gasteiger partial charge in [-0.3, -0.25) is 9.59 Å². The van der Waals surface area contributed by atoms with Crippen LogP contribution in [0.2, 0.25) is 0 Å². The van der Waals surface area contributed by atoms with E-state index in [0.29, 0.717) is 29.2 Å². The van der Waals surface area contributed by atoms with Crippen molar-refractivity contribution < 1.29 is 19.1 Å². The second kappa shape index (κ2) is 9.20. The second-order valence-corrected chi connectivity index (χ2v) is 8.10. The third kappa shape index (κ3) is 4.74. The minimum absolute atomic E-state index is 0.211. The third-order valence-corrected chi connectivity index (χ3v) is 5.57. The average molecular weight is 447 g/mol. The average Bonchev–Trinajstić information content (AvgIpc) is 2.83. The van der Waals surface area contributed by atoms with Gasteiger partial charge in [-0.05, 0) is 65.6 Å². The number of anilines is 2. The van der Waals surface area contributed by atoms with Crippen LogP contribution in [0.1, 0.15) is 15.9 Å². The molecule has 4 rings (SSSR count). The molecule has 2 heterocycles. The molecule has 0 aliphatic carbocycles. The van der Waals surface area contributed by atoms with E-state index in [1.165, 1.54) is 4.90 Å². The quantitative estimate of drug-likeness (QED) is 0.623. The summed E-state index contributed by atoms with van der Waals surface area (Å²) in [5.41, 5.74) is 9.19. The molecule has 3 aromatic rings. The molecule has 0 spiro atoms. The molecule has 8 nitrogen and oxygen atoms in total. The SMILES string of the molecule is COc1ccc2c(c1)C[C@H](C(=O)Nc1ccc(-c3ccnc(N)c3)cc1C(=O)N(C)C)CO2. The zero-order valence-corrected chi connectivity index (χ0v) is 18.8. The van der Waals surface area contributed by atoms with Gasteiger partial charge in [-0.15, -0.1) is 0 Å². The summed E-state index contributed by atoms with van der Waals surface area (Å²) in [5.74, 6) is 1.03. The van der Waals surface area contributed by atoms with Gasteiger partial charge in [0.25, 0.3) is 5.91 Å². The van der Waals surface area contributed by atoms with Crippen molar-refractivity contribution >= 4 is 23.3 Å². The van der Waals surface area contributed by atoms with Crippen molar-refractivity contribution in [1.29, 1.82) is 0 Å². The number of pyridine rings is 1. The van der Waals surface area contributed by atoms with Gasteiger partial charge in [-0.1, -0.05) is 6.07 Å². The molecule has 1 atom stereocenters. The number of methoxy groups -OCH3 is 1. The van der Waals surface area contributed by atoms with E-state index in [9.17, 15) is 9.59 Å². The fraction of sp³-hybridized carbons (Fsp3) is 0.240. The number of aromatic nitrogens is 1. The molecule has 8 heteroatoms. The van der Waals surface area contributed by atoms with E-state index in [2.05, 4.69) is 10.3 Å². The second-order valence-electron chi connectivity index (χ2n) is 8.10. The number of ether oxygens (including phenoxy) is 2. The summed E-state index contributed by atoms with van der Waals surface area (Å²) in [6, 6.07) is 14.4. The number of nitrogens with two attached hydrogens (primary N) is 1. The zero-order valence-electron chi connectivity index (χ0n) is 18.8. The van der Waals surface area contributed by atoms with Gasteiger partial charge in [0.1, 0.15) is 23.9 Å². The Kier molecular flexibility index (Phi) is 6.17. The highest BCUT2D eigenvalue weighted by molar-refractivity contribution is 6.05. The maximum absolute atomic E-state index is 13.1. The molecule has 0 fully saturated rings. The van der Waals surface area contributed by atoms with Crippen molar-refractivity contribution in [1.82, 2.24) is 9.88 Å². The molecular weight excluding hydrogens is 420 g/mol. The predicted octanol–water partition coefficient (Wildman–Crippen LogP) is 3.23. The first-order chi connectivity index (χ1) is 15.9. The highest BCUT2D eigenvalue weighted by Crippen LogP contribution is 2.32. The van der Waals surface area contributed by atoms with Crippen LogP contribution < -0.4 is 20.5 Å². The summed E-state index contributed by atoms with van der Waals surface area (Å²) in [6.45, 7) is 0.260. The lowest BCUT2D eigenvalue weighted by Crippen LogP contribution is -2.33. The lowest BCUT2D eigenvalue weighted by molar-refractivity contribution is -0.121. The summed E-state index contributed by atoms with van der Waals surface area (Å²) in [6.07, 6.45) is 2.13. The first kappa shape index (κ1) is 22.1. The van der Waals surface area contributed by atoms with Crippen LogP contribution in [0.3, 0.4) is 0 Å². The van der Waals surface area contributed by atoms with E-state index < -0.39 is 5.92 Å². The van der Waals surface area contributed by atoms with E-state index in [0.717, 1.165) is 22.4 Å². The molecule has 33 heavy (non-hydrogen) atoms. The summed E-state index contributed by atoms with van der Waals surface area (Å²) in [7, 11) is 4.94. The van der Waals surface area contributed by atoms with Crippen LogP contribution in [0.5, 0.6) is 11.5 Å². The predicted molar refractivity (Wildman–Crippen MR) is 126 cm³/mol. The highest BCUT2D eigenvalue weighted by atomic mass is 16.5. The van der Waals surface area contributed by atoms with E-state index >= 15 is 0 Å². The molecule has 1 aliphatic rings. The normalized spacial score (nSPS) is 14.6. The summed E-state index contributed by atoms with van der Waals surface area (Å²) in [4.78, 5) is 31.5. The van der Waals surface area contributed by atoms with E-state index in [1.54, 1.807) is 45.6 Å². The fourth-order valence-corrected chi connectivity index (χ4v) is 3.78. The lowest BCUT2D eigenvalue weighted by atomic mass is 9.95. The number of carbonyl (C=O) groups excluding carboxylic acids is 2. The standard InChI is InChI=1S/C25H26N4O4/c1-29(2)25(31)20-12-15(16-8-9-27-23(26)13-16)4-6-21(20)28-24(30)18-10-17-11-19(32-3)5-7-22(17)33-14-18/h4-9,11-13,18H,10,14H2,1-3H3,(H2,26,27)(H,28,30)/t18-/m0/s1. The third-order valence-electron chi connectivity index (χ3n) is 5.57. The van der Waals surface area contributed by atoms with Gasteiger partial charge in [0.2, 0.25) is 5.91 Å². The van der Waals surface area contributed by atoms with Crippen LogP contribution in [-0.4, -0.2) is 49.5 Å². The molecule has 1 aromatic heterocycles. The van der Waals surface area contributed by atoms with Gasteiger partial charge in [0.15, 0.2) is 0 Å². The Labute approximate surface area is 192 Å². The smallest absolute Gasteiger partial charge is 0.255 e. The van der Waals surface area contributed by atoms with Crippen LogP contribution in [-0.2, 0) is 11.2 Å². The minimum Gasteiger partial charge on any atom is -0.497 e. The van der Waals surface area contributed by atoms with Crippen molar-refractivity contribution in [2.45, 2.75) is 6.42 Å². The maximum atomic E-state index is 13.1. The summed E-state index contributed by atoms with van der Waals surface area (Å²) >= 11 is 0. The number of nitrogens with zero attached hydrogens (tertiary/aromatic N) is 2. The molecule has 0 unspecified atom stereocenters. The fourth-order valence-electron chi connectivity index (χ4n) is 3.78. The zero-order chi connectivity index (χ0) is 23.5. The Morgan fingerprint density at radius 1 is 1.12 bits per heavy atom. The molecule has 0 bridgehead atoms. The Balaban J connectivity index is 1.60. The molecule has 0 saturated carbocycles. The topological polar surface area (TPSA) is 107 Å². The molecule has 3 N–H and O–H groups in total. The molecule has 0 saturated heterocycles. The van der Waals surface area contributed by atoms with E-state index in [-0.39, 0.29) is 18.4 Å². The van der Waals surface area contributed by atoms with Crippen LogP contribution in [0, 0.1) is 5.92 Å². The first-order valence-corrected chi connectivity index (χ1v) is 10.5. The molecule has 170 valence electrons. The van der Waals surface area contributed by atoms with Gasteiger partial charge < -0.3 is 25.4 Å². The van der Waals surface area contributed by atoms with Gasteiger partial charge >= 0.3 is 0 Å². The Morgan fingerprint density at radius 3 is 2.64 bits per heavy atom. The van der Waals surface area contributed by atoms with Crippen molar-refractivity contribution in [3.63, 3.8) is 0 Å². The Hall–Kier alpha value is -4.07. The van der Waals surface area contributed by atoms with Crippen molar-refractivity contribution in [3.8, 4) is 22.6 Å². The molecular formula is C25H26N4O4. The highest BCUT2D eigenvalue weighted by Gasteiger charge is 2.27. The molecule has 2 aromatic carbocycles. The number of rotatable bonds is 5. The van der Waals surface area contributed by atoms with Crippen LogP contribution >= 0.6 is 0 Å². The van der Waals surface area contributed by atoms with Gasteiger partial charge in [0, 0.05) is 20.3 Å². The lowest BCUT2D eigenvalue weighted by Gasteiger charge is -2.25. The van der Waals surface area contributed by atoms with E-state index in [1.807, 2.05) is 30.3 Å². The van der Waals surface area contributed by atoms with Crippen LogP contribution in [0.15, 0.2) is 54.7 Å². The Bertz CT molecular complexity index is 1210. The summed E-state index contributed by atoms with van der Waals surface area (Å²) in [5, 5.41) is 2.93. The number of nitrogen functional groups attached to an aromatic ring is 1. The number of hydrogen-bond donors (Lipinski definition) is 2. The number of amides is 2. The van der Waals surface area contributed by atoms with Crippen LogP contribution in [0.25, 0.3) is 11.1 Å². The minimum atomic E-state index is -0.397. The number of hydrogen-bond acceptors (Lipinski definition) is 6. The van der Waals surface area contributed by atoms with Crippen LogP contribution in [0.4, 0.5) is 11.5 Å². The number of fused-ring (bicyclic) bond motifs is 1. The molecule has 1 aliphatic heterocycles. The van der Waals surface area contributed by atoms with Gasteiger partial charge in [0.05, 0.1) is 24.3 Å². The number of nitrogens with one attached hydrogen (secondary N) is 1. The van der Waals surface area contributed by atoms with E-state index in [4.69, 9.17) is 15.2 Å². The van der Waals surface area contributed by atoms with Crippen molar-refractivity contribution in [2.75, 3.05) is 38.9 Å². The maximum Gasteiger partial charge on any atom is 0.255 e. The summed E-state index contributed by atoms with van der Waals surface area (Å²) < 4.78 is 11.1. The monoisotopic (exact) mass is 446 g/mol. The number of benzene rings is 2. The van der Waals surface area contributed by atoms with Crippen molar-refractivity contribution in [3.05, 3.63) is 65.9 Å². The van der Waals surface area contributed by atoms with Gasteiger partial charge in [-0.25, -0.2) is 4.98 Å². The molecule has 2 amide bonds. The molecule has 0 radical (unpaired) electrons.